The third-order valence-electron chi connectivity index (χ3n) is 4.39. The van der Waals surface area contributed by atoms with E-state index in [1.165, 1.54) is 16.7 Å². The fourth-order valence-corrected chi connectivity index (χ4v) is 2.97. The summed E-state index contributed by atoms with van der Waals surface area (Å²) in [5.74, 6) is 0. The first-order chi connectivity index (χ1) is 10.8. The predicted octanol–water partition coefficient (Wildman–Crippen LogP) is 4.18. The minimum atomic E-state index is 0.412. The maximum atomic E-state index is 6.06. The Morgan fingerprint density at radius 2 is 1.59 bits per heavy atom. The maximum absolute atomic E-state index is 6.06. The highest BCUT2D eigenvalue weighted by atomic mass is 16.5. The zero-order valence-electron chi connectivity index (χ0n) is 13.4. The molecule has 0 bridgehead atoms. The molecule has 1 aliphatic heterocycles. The molecule has 116 valence electrons. The van der Waals surface area contributed by atoms with Gasteiger partial charge in [-0.2, -0.15) is 0 Å². The minimum Gasteiger partial charge on any atom is -0.373 e. The van der Waals surface area contributed by atoms with E-state index in [1.54, 1.807) is 0 Å². The van der Waals surface area contributed by atoms with Gasteiger partial charge in [-0.05, 0) is 30.9 Å². The van der Waals surface area contributed by atoms with Gasteiger partial charge >= 0.3 is 0 Å². The maximum Gasteiger partial charge on any atom is 0.0720 e. The lowest BCUT2D eigenvalue weighted by Crippen LogP contribution is -2.36. The third kappa shape index (κ3) is 4.43. The number of likely N-dealkylation sites (tertiary alicyclic amines) is 1. The fraction of sp³-hybridized carbons (Fsp3) is 0.400. The molecule has 1 aliphatic rings. The lowest BCUT2D eigenvalue weighted by molar-refractivity contribution is -0.00394. The van der Waals surface area contributed by atoms with Gasteiger partial charge in [0.15, 0.2) is 0 Å². The molecule has 2 nitrogen and oxygen atoms in total. The summed E-state index contributed by atoms with van der Waals surface area (Å²) in [5.41, 5.74) is 4.01. The van der Waals surface area contributed by atoms with Crippen LogP contribution in [0.4, 0.5) is 0 Å². The Morgan fingerprint density at radius 1 is 0.909 bits per heavy atom. The van der Waals surface area contributed by atoms with Crippen molar-refractivity contribution < 1.29 is 4.74 Å². The van der Waals surface area contributed by atoms with Gasteiger partial charge in [-0.25, -0.2) is 0 Å². The number of rotatable bonds is 5. The summed E-state index contributed by atoms with van der Waals surface area (Å²) in [7, 11) is 0. The molecule has 0 radical (unpaired) electrons. The summed E-state index contributed by atoms with van der Waals surface area (Å²) in [4.78, 5) is 2.53. The van der Waals surface area contributed by atoms with Gasteiger partial charge < -0.3 is 4.74 Å². The Bertz CT molecular complexity index is 556. The topological polar surface area (TPSA) is 12.5 Å². The lowest BCUT2D eigenvalue weighted by atomic mass is 10.1. The lowest BCUT2D eigenvalue weighted by Gasteiger charge is -2.32. The molecule has 22 heavy (non-hydrogen) atoms. The molecule has 0 aliphatic carbocycles. The number of nitrogens with zero attached hydrogens (tertiary/aromatic N) is 1. The molecule has 0 atom stereocenters. The molecule has 2 heteroatoms. The van der Waals surface area contributed by atoms with Crippen molar-refractivity contribution in [2.45, 2.75) is 39.0 Å². The monoisotopic (exact) mass is 295 g/mol. The van der Waals surface area contributed by atoms with Gasteiger partial charge in [0, 0.05) is 19.6 Å². The number of ether oxygens (including phenoxy) is 1. The first kappa shape index (κ1) is 15.3. The Labute approximate surface area is 133 Å². The highest BCUT2D eigenvalue weighted by molar-refractivity contribution is 5.21. The summed E-state index contributed by atoms with van der Waals surface area (Å²) in [6.07, 6.45) is 2.69. The molecular formula is C20H25NO. The van der Waals surface area contributed by atoms with Crippen LogP contribution in [0.2, 0.25) is 0 Å². The molecule has 0 amide bonds. The average molecular weight is 295 g/mol. The SMILES string of the molecule is Cc1ccc(CN2CCC(OCc3ccccc3)CC2)cc1. The molecule has 1 fully saturated rings. The van der Waals surface area contributed by atoms with Gasteiger partial charge in [-0.1, -0.05) is 60.2 Å². The van der Waals surface area contributed by atoms with Crippen LogP contribution in [0.25, 0.3) is 0 Å². The number of hydrogen-bond donors (Lipinski definition) is 0. The van der Waals surface area contributed by atoms with E-state index < -0.39 is 0 Å². The number of benzene rings is 2. The van der Waals surface area contributed by atoms with E-state index in [2.05, 4.69) is 60.4 Å². The molecule has 0 spiro atoms. The second kappa shape index (κ2) is 7.57. The summed E-state index contributed by atoms with van der Waals surface area (Å²) >= 11 is 0. The van der Waals surface area contributed by atoms with Crippen LogP contribution in [0.1, 0.15) is 29.5 Å². The molecule has 0 saturated carbocycles. The highest BCUT2D eigenvalue weighted by Gasteiger charge is 2.19. The van der Waals surface area contributed by atoms with Crippen LogP contribution in [0.3, 0.4) is 0 Å². The van der Waals surface area contributed by atoms with Crippen LogP contribution >= 0.6 is 0 Å². The van der Waals surface area contributed by atoms with Crippen LogP contribution in [-0.4, -0.2) is 24.1 Å². The van der Waals surface area contributed by atoms with Gasteiger partial charge in [0.1, 0.15) is 0 Å². The summed E-state index contributed by atoms with van der Waals surface area (Å²) in [6, 6.07) is 19.3. The largest absolute Gasteiger partial charge is 0.373 e. The molecule has 0 unspecified atom stereocenters. The molecule has 2 aromatic carbocycles. The van der Waals surface area contributed by atoms with E-state index in [4.69, 9.17) is 4.74 Å². The van der Waals surface area contributed by atoms with Crippen molar-refractivity contribution in [3.8, 4) is 0 Å². The van der Waals surface area contributed by atoms with Crippen LogP contribution < -0.4 is 0 Å². The molecule has 2 aromatic rings. The molecule has 0 N–H and O–H groups in total. The fourth-order valence-electron chi connectivity index (χ4n) is 2.97. The van der Waals surface area contributed by atoms with E-state index in [-0.39, 0.29) is 0 Å². The predicted molar refractivity (Wildman–Crippen MR) is 90.7 cm³/mol. The van der Waals surface area contributed by atoms with Gasteiger partial charge in [0.05, 0.1) is 12.7 Å². The van der Waals surface area contributed by atoms with Gasteiger partial charge in [-0.3, -0.25) is 4.90 Å². The molecule has 1 saturated heterocycles. The highest BCUT2D eigenvalue weighted by Crippen LogP contribution is 2.18. The minimum absolute atomic E-state index is 0.412. The van der Waals surface area contributed by atoms with E-state index in [0.29, 0.717) is 6.10 Å². The zero-order chi connectivity index (χ0) is 15.2. The first-order valence-corrected chi connectivity index (χ1v) is 8.23. The molecule has 1 heterocycles. The molecule has 3 rings (SSSR count). The van der Waals surface area contributed by atoms with E-state index in [0.717, 1.165) is 39.1 Å². The Kier molecular flexibility index (Phi) is 5.25. The molecule has 0 aromatic heterocycles. The van der Waals surface area contributed by atoms with Crippen LogP contribution in [0.15, 0.2) is 54.6 Å². The second-order valence-corrected chi connectivity index (χ2v) is 6.26. The smallest absolute Gasteiger partial charge is 0.0720 e. The van der Waals surface area contributed by atoms with Crippen molar-refractivity contribution in [1.82, 2.24) is 4.90 Å². The third-order valence-corrected chi connectivity index (χ3v) is 4.39. The summed E-state index contributed by atoms with van der Waals surface area (Å²) in [5, 5.41) is 0. The zero-order valence-corrected chi connectivity index (χ0v) is 13.4. The van der Waals surface area contributed by atoms with Gasteiger partial charge in [0.2, 0.25) is 0 Å². The first-order valence-electron chi connectivity index (χ1n) is 8.23. The van der Waals surface area contributed by atoms with Crippen molar-refractivity contribution in [1.29, 1.82) is 0 Å². The van der Waals surface area contributed by atoms with E-state index in [9.17, 15) is 0 Å². The average Bonchev–Trinajstić information content (AvgIpc) is 2.57. The van der Waals surface area contributed by atoms with Crippen LogP contribution in [-0.2, 0) is 17.9 Å². The normalized spacial score (nSPS) is 16.8. The van der Waals surface area contributed by atoms with E-state index in [1.807, 2.05) is 6.07 Å². The van der Waals surface area contributed by atoms with Crippen molar-refractivity contribution in [2.75, 3.05) is 13.1 Å². The number of aryl methyl sites for hydroxylation is 1. The van der Waals surface area contributed by atoms with Gasteiger partial charge in [0.25, 0.3) is 0 Å². The van der Waals surface area contributed by atoms with Crippen molar-refractivity contribution >= 4 is 0 Å². The number of hydrogen-bond acceptors (Lipinski definition) is 2. The van der Waals surface area contributed by atoms with Crippen molar-refractivity contribution in [3.63, 3.8) is 0 Å². The van der Waals surface area contributed by atoms with Gasteiger partial charge in [-0.15, -0.1) is 0 Å². The Balaban J connectivity index is 1.41. The van der Waals surface area contributed by atoms with Crippen LogP contribution in [0, 0.1) is 6.92 Å². The van der Waals surface area contributed by atoms with Crippen molar-refractivity contribution in [2.24, 2.45) is 0 Å². The van der Waals surface area contributed by atoms with E-state index >= 15 is 0 Å². The second-order valence-electron chi connectivity index (χ2n) is 6.26. The summed E-state index contributed by atoms with van der Waals surface area (Å²) in [6.45, 7) is 6.20. The van der Waals surface area contributed by atoms with Crippen molar-refractivity contribution in [3.05, 3.63) is 71.3 Å². The Hall–Kier alpha value is -1.64. The quantitative estimate of drug-likeness (QED) is 0.820. The molecular weight excluding hydrogens is 270 g/mol. The summed E-state index contributed by atoms with van der Waals surface area (Å²) < 4.78 is 6.06. The number of piperidine rings is 1. The Morgan fingerprint density at radius 3 is 2.27 bits per heavy atom. The van der Waals surface area contributed by atoms with Crippen LogP contribution in [0.5, 0.6) is 0 Å². The standard InChI is InChI=1S/C20H25NO/c1-17-7-9-18(10-8-17)15-21-13-11-20(12-14-21)22-16-19-5-3-2-4-6-19/h2-10,20H,11-16H2,1H3.